The Morgan fingerprint density at radius 2 is 1.68 bits per heavy atom. The van der Waals surface area contributed by atoms with Gasteiger partial charge < -0.3 is 25.0 Å². The zero-order valence-electron chi connectivity index (χ0n) is 19.5. The zero-order valence-corrected chi connectivity index (χ0v) is 21.8. The molecule has 3 aromatic carbocycles. The number of anilines is 1. The number of nitrogens with one attached hydrogen (secondary N) is 2. The number of carbonyl (C=O) groups excluding carboxylic acids is 1. The lowest BCUT2D eigenvalue weighted by atomic mass is 10.1. The van der Waals surface area contributed by atoms with Gasteiger partial charge in [0.25, 0.3) is 15.9 Å². The van der Waals surface area contributed by atoms with Crippen molar-refractivity contribution in [2.75, 3.05) is 18.4 Å². The Hall–Kier alpha value is -3.51. The van der Waals surface area contributed by atoms with Crippen molar-refractivity contribution in [2.24, 2.45) is 0 Å². The Kier molecular flexibility index (Phi) is 8.87. The summed E-state index contributed by atoms with van der Waals surface area (Å²) >= 11 is 11.9. The number of rotatable bonds is 10. The van der Waals surface area contributed by atoms with Crippen LogP contribution in [0.15, 0.2) is 59.5 Å². The molecule has 3 rings (SSSR count). The molecule has 196 valence electrons. The van der Waals surface area contributed by atoms with Crippen molar-refractivity contribution in [3.05, 3.63) is 75.8 Å². The lowest BCUT2D eigenvalue weighted by Crippen LogP contribution is -2.23. The van der Waals surface area contributed by atoms with Crippen LogP contribution < -0.4 is 19.5 Å². The Balaban J connectivity index is 2.05. The number of aliphatic hydroxyl groups is 1. The van der Waals surface area contributed by atoms with Gasteiger partial charge in [-0.2, -0.15) is 0 Å². The Morgan fingerprint density at radius 3 is 2.30 bits per heavy atom. The van der Waals surface area contributed by atoms with Gasteiger partial charge in [0.2, 0.25) is 0 Å². The van der Waals surface area contributed by atoms with Gasteiger partial charge in [-0.3, -0.25) is 9.52 Å². The molecule has 13 heteroatoms. The summed E-state index contributed by atoms with van der Waals surface area (Å²) in [5, 5.41) is 21.7. The minimum atomic E-state index is -4.20. The molecule has 0 saturated carbocycles. The van der Waals surface area contributed by atoms with Gasteiger partial charge in [-0.25, -0.2) is 13.2 Å². The molecule has 0 aliphatic heterocycles. The SMILES string of the molecule is CCNC(=O)c1ccc(Oc2ccc(C(O)C(=O)O)cc2OC)c(NS(=O)(=O)c2ccc(Cl)c(Cl)c2)c1. The number of carboxylic acid groups (broad SMARTS) is 1. The summed E-state index contributed by atoms with van der Waals surface area (Å²) in [4.78, 5) is 23.3. The van der Waals surface area contributed by atoms with Gasteiger partial charge in [-0.05, 0) is 61.0 Å². The fraction of sp³-hybridized carbons (Fsp3) is 0.167. The number of hydrogen-bond donors (Lipinski definition) is 4. The number of aliphatic hydroxyl groups excluding tert-OH is 1. The summed E-state index contributed by atoms with van der Waals surface area (Å²) in [6.45, 7) is 2.09. The van der Waals surface area contributed by atoms with Crippen LogP contribution in [0.25, 0.3) is 0 Å². The number of ether oxygens (including phenoxy) is 2. The molecule has 0 saturated heterocycles. The average molecular weight is 569 g/mol. The van der Waals surface area contributed by atoms with Crippen LogP contribution in [0.1, 0.15) is 28.9 Å². The Labute approximate surface area is 222 Å². The number of amides is 1. The van der Waals surface area contributed by atoms with Crippen LogP contribution >= 0.6 is 23.2 Å². The van der Waals surface area contributed by atoms with Crippen LogP contribution in [-0.4, -0.2) is 44.2 Å². The highest BCUT2D eigenvalue weighted by Crippen LogP contribution is 2.38. The number of halogens is 2. The predicted molar refractivity (Wildman–Crippen MR) is 137 cm³/mol. The first-order valence-corrected chi connectivity index (χ1v) is 12.9. The second kappa shape index (κ2) is 11.7. The monoisotopic (exact) mass is 568 g/mol. The fourth-order valence-corrected chi connectivity index (χ4v) is 4.60. The number of benzene rings is 3. The first-order chi connectivity index (χ1) is 17.5. The minimum absolute atomic E-state index is 0.00140. The van der Waals surface area contributed by atoms with E-state index in [-0.39, 0.29) is 49.0 Å². The molecule has 10 nitrogen and oxygen atoms in total. The number of carboxylic acids is 1. The lowest BCUT2D eigenvalue weighted by molar-refractivity contribution is -0.146. The molecule has 37 heavy (non-hydrogen) atoms. The van der Waals surface area contributed by atoms with Crippen LogP contribution in [0.3, 0.4) is 0 Å². The second-order valence-electron chi connectivity index (χ2n) is 7.50. The van der Waals surface area contributed by atoms with Crippen molar-refractivity contribution in [1.29, 1.82) is 0 Å². The lowest BCUT2D eigenvalue weighted by Gasteiger charge is -2.17. The molecule has 0 radical (unpaired) electrons. The summed E-state index contributed by atoms with van der Waals surface area (Å²) in [6, 6.07) is 11.8. The minimum Gasteiger partial charge on any atom is -0.493 e. The van der Waals surface area contributed by atoms with Crippen LogP contribution in [0, 0.1) is 0 Å². The largest absolute Gasteiger partial charge is 0.493 e. The molecule has 4 N–H and O–H groups in total. The van der Waals surface area contributed by atoms with Gasteiger partial charge in [-0.15, -0.1) is 0 Å². The van der Waals surface area contributed by atoms with E-state index in [1.807, 2.05) is 0 Å². The number of sulfonamides is 1. The van der Waals surface area contributed by atoms with E-state index in [1.165, 1.54) is 61.7 Å². The molecule has 0 bridgehead atoms. The summed E-state index contributed by atoms with van der Waals surface area (Å²) < 4.78 is 39.8. The van der Waals surface area contributed by atoms with Gasteiger partial charge in [0.05, 0.1) is 27.7 Å². The highest BCUT2D eigenvalue weighted by atomic mass is 35.5. The van der Waals surface area contributed by atoms with Gasteiger partial charge in [-0.1, -0.05) is 29.3 Å². The normalized spacial score (nSPS) is 11.9. The molecule has 0 heterocycles. The van der Waals surface area contributed by atoms with E-state index in [9.17, 15) is 23.1 Å². The summed E-state index contributed by atoms with van der Waals surface area (Å²) in [5.41, 5.74) is 0.128. The summed E-state index contributed by atoms with van der Waals surface area (Å²) in [6.07, 6.45) is -1.78. The zero-order chi connectivity index (χ0) is 27.3. The van der Waals surface area contributed by atoms with E-state index in [2.05, 4.69) is 10.0 Å². The molecule has 1 atom stereocenters. The van der Waals surface area contributed by atoms with Crippen molar-refractivity contribution in [3.8, 4) is 17.2 Å². The van der Waals surface area contributed by atoms with Crippen LogP contribution in [0.2, 0.25) is 10.0 Å². The molecule has 0 aliphatic rings. The van der Waals surface area contributed by atoms with Crippen molar-refractivity contribution >= 4 is 50.8 Å². The van der Waals surface area contributed by atoms with E-state index < -0.39 is 28.0 Å². The first-order valence-electron chi connectivity index (χ1n) is 10.6. The maximum absolute atomic E-state index is 13.1. The maximum atomic E-state index is 13.1. The quantitative estimate of drug-likeness (QED) is 0.279. The van der Waals surface area contributed by atoms with Crippen LogP contribution in [0.5, 0.6) is 17.2 Å². The van der Waals surface area contributed by atoms with Crippen molar-refractivity contribution < 1.29 is 37.7 Å². The molecular formula is C24H22Cl2N2O8S. The second-order valence-corrected chi connectivity index (χ2v) is 10.0. The van der Waals surface area contributed by atoms with Crippen LogP contribution in [0.4, 0.5) is 5.69 Å². The molecule has 1 unspecified atom stereocenters. The van der Waals surface area contributed by atoms with E-state index in [1.54, 1.807) is 6.92 Å². The highest BCUT2D eigenvalue weighted by Gasteiger charge is 2.22. The van der Waals surface area contributed by atoms with Gasteiger partial charge in [0, 0.05) is 12.1 Å². The van der Waals surface area contributed by atoms with Crippen LogP contribution in [-0.2, 0) is 14.8 Å². The molecule has 0 spiro atoms. The number of aliphatic carboxylic acids is 1. The van der Waals surface area contributed by atoms with Crippen molar-refractivity contribution in [2.45, 2.75) is 17.9 Å². The topological polar surface area (TPSA) is 151 Å². The smallest absolute Gasteiger partial charge is 0.337 e. The first kappa shape index (κ1) is 28.1. The average Bonchev–Trinajstić information content (AvgIpc) is 2.86. The standard InChI is InChI=1S/C24H22Cl2N2O8S/c1-3-27-23(30)14-5-8-19(36-20-9-4-13(11-21(20)35-2)22(29)24(31)32)18(10-14)28-37(33,34)15-6-7-16(25)17(26)12-15/h4-12,22,28-29H,3H2,1-2H3,(H,27,30)(H,31,32). The Morgan fingerprint density at radius 1 is 0.973 bits per heavy atom. The molecule has 3 aromatic rings. The fourth-order valence-electron chi connectivity index (χ4n) is 3.15. The molecular weight excluding hydrogens is 547 g/mol. The summed E-state index contributed by atoms with van der Waals surface area (Å²) in [7, 11) is -2.89. The third kappa shape index (κ3) is 6.63. The van der Waals surface area contributed by atoms with E-state index in [0.29, 0.717) is 6.54 Å². The summed E-state index contributed by atoms with van der Waals surface area (Å²) in [5.74, 6) is -1.72. The molecule has 0 aromatic heterocycles. The maximum Gasteiger partial charge on any atom is 0.337 e. The van der Waals surface area contributed by atoms with Gasteiger partial charge >= 0.3 is 5.97 Å². The third-order valence-corrected chi connectivity index (χ3v) is 7.08. The van der Waals surface area contributed by atoms with Crippen molar-refractivity contribution in [1.82, 2.24) is 5.32 Å². The van der Waals surface area contributed by atoms with Crippen molar-refractivity contribution in [3.63, 3.8) is 0 Å². The Bertz CT molecular complexity index is 1450. The van der Waals surface area contributed by atoms with E-state index in [0.717, 1.165) is 0 Å². The number of carbonyl (C=O) groups is 2. The molecule has 0 aliphatic carbocycles. The van der Waals surface area contributed by atoms with E-state index >= 15 is 0 Å². The molecule has 1 amide bonds. The number of methoxy groups -OCH3 is 1. The third-order valence-electron chi connectivity index (χ3n) is 4.98. The predicted octanol–water partition coefficient (Wildman–Crippen LogP) is 4.46. The van der Waals surface area contributed by atoms with Gasteiger partial charge in [0.1, 0.15) is 0 Å². The van der Waals surface area contributed by atoms with E-state index in [4.69, 9.17) is 37.8 Å². The number of hydrogen-bond acceptors (Lipinski definition) is 7. The van der Waals surface area contributed by atoms with Gasteiger partial charge in [0.15, 0.2) is 23.4 Å². The highest BCUT2D eigenvalue weighted by molar-refractivity contribution is 7.92. The molecule has 0 fully saturated rings.